The summed E-state index contributed by atoms with van der Waals surface area (Å²) in [6.07, 6.45) is 1.54. The third kappa shape index (κ3) is 5.14. The van der Waals surface area contributed by atoms with Crippen LogP contribution in [0.2, 0.25) is 0 Å². The lowest BCUT2D eigenvalue weighted by Crippen LogP contribution is -2.44. The molecule has 11 heteroatoms. The topological polar surface area (TPSA) is 130 Å². The van der Waals surface area contributed by atoms with Gasteiger partial charge in [-0.05, 0) is 26.1 Å². The molecule has 1 amide bonds. The second kappa shape index (κ2) is 10.6. The van der Waals surface area contributed by atoms with Crippen LogP contribution < -0.4 is 30.3 Å². The van der Waals surface area contributed by atoms with Crippen LogP contribution in [0.15, 0.2) is 23.0 Å². The summed E-state index contributed by atoms with van der Waals surface area (Å²) in [6.45, 7) is 5.57. The molecule has 1 aliphatic rings. The van der Waals surface area contributed by atoms with Gasteiger partial charge in [0.1, 0.15) is 33.4 Å². The van der Waals surface area contributed by atoms with Crippen LogP contribution in [-0.2, 0) is 11.3 Å². The van der Waals surface area contributed by atoms with E-state index in [1.165, 1.54) is 4.57 Å². The van der Waals surface area contributed by atoms with E-state index >= 15 is 0 Å². The van der Waals surface area contributed by atoms with Crippen molar-refractivity contribution in [3.8, 4) is 12.1 Å². The molecule has 32 heavy (non-hydrogen) atoms. The summed E-state index contributed by atoms with van der Waals surface area (Å²) in [5.74, 6) is 0.775. The molecule has 0 unspecified atom stereocenters. The first-order valence-corrected chi connectivity index (χ1v) is 11.0. The minimum absolute atomic E-state index is 0.195. The second-order valence-corrected chi connectivity index (χ2v) is 8.14. The normalized spacial score (nSPS) is 15.6. The zero-order valence-electron chi connectivity index (χ0n) is 18.0. The van der Waals surface area contributed by atoms with Gasteiger partial charge in [0.15, 0.2) is 5.57 Å². The van der Waals surface area contributed by atoms with Crippen molar-refractivity contribution in [3.63, 3.8) is 0 Å². The van der Waals surface area contributed by atoms with Gasteiger partial charge in [-0.25, -0.2) is 4.98 Å². The first-order chi connectivity index (χ1) is 15.5. The van der Waals surface area contributed by atoms with E-state index in [-0.39, 0.29) is 22.3 Å². The number of hydrogen-bond donors (Lipinski definition) is 2. The average molecular weight is 453 g/mol. The maximum Gasteiger partial charge on any atom is 0.270 e. The molecule has 0 bridgehead atoms. The molecular formula is C21H24N8O2S. The summed E-state index contributed by atoms with van der Waals surface area (Å²) < 4.78 is 1.97. The third-order valence-electron chi connectivity index (χ3n) is 5.02. The minimum atomic E-state index is -0.682. The van der Waals surface area contributed by atoms with Crippen molar-refractivity contribution in [2.24, 2.45) is 0 Å². The molecule has 2 N–H and O–H groups in total. The third-order valence-corrected chi connectivity index (χ3v) is 6.15. The van der Waals surface area contributed by atoms with E-state index in [0.29, 0.717) is 16.9 Å². The Morgan fingerprint density at radius 3 is 2.69 bits per heavy atom. The number of nitrogens with one attached hydrogen (secondary N) is 2. The molecule has 0 spiro atoms. The fraction of sp³-hybridized carbons (Fsp3) is 0.381. The van der Waals surface area contributed by atoms with Crippen LogP contribution in [0.25, 0.3) is 11.8 Å². The number of rotatable bonds is 6. The lowest BCUT2D eigenvalue weighted by Gasteiger charge is -2.33. The van der Waals surface area contributed by atoms with E-state index < -0.39 is 5.91 Å². The Labute approximate surface area is 189 Å². The van der Waals surface area contributed by atoms with Crippen molar-refractivity contribution in [1.29, 1.82) is 10.5 Å². The van der Waals surface area contributed by atoms with Gasteiger partial charge in [-0.1, -0.05) is 6.07 Å². The zero-order valence-corrected chi connectivity index (χ0v) is 18.8. The number of piperazine rings is 1. The number of likely N-dealkylation sites (N-methyl/N-ethyl adjacent to an activating group) is 1. The quantitative estimate of drug-likeness (QED) is 0.547. The lowest BCUT2D eigenvalue weighted by atomic mass is 10.3. The van der Waals surface area contributed by atoms with Crippen molar-refractivity contribution in [3.05, 3.63) is 37.7 Å². The number of pyridine rings is 1. The zero-order chi connectivity index (χ0) is 23.1. The Morgan fingerprint density at radius 1 is 1.28 bits per heavy atom. The van der Waals surface area contributed by atoms with Crippen molar-refractivity contribution in [2.45, 2.75) is 13.5 Å². The molecule has 1 aliphatic heterocycles. The van der Waals surface area contributed by atoms with Crippen LogP contribution in [0.5, 0.6) is 0 Å². The van der Waals surface area contributed by atoms with Crippen LogP contribution in [0.1, 0.15) is 6.92 Å². The van der Waals surface area contributed by atoms with E-state index in [4.69, 9.17) is 5.26 Å². The molecule has 1 fully saturated rings. The molecule has 2 aromatic rings. The molecule has 2 aromatic heterocycles. The van der Waals surface area contributed by atoms with E-state index in [9.17, 15) is 14.9 Å². The second-order valence-electron chi connectivity index (χ2n) is 7.11. The van der Waals surface area contributed by atoms with Crippen LogP contribution >= 0.6 is 11.3 Å². The van der Waals surface area contributed by atoms with Gasteiger partial charge in [0, 0.05) is 38.9 Å². The van der Waals surface area contributed by atoms with Crippen LogP contribution in [-0.4, -0.2) is 60.1 Å². The predicted octanol–water partition coefficient (Wildman–Crippen LogP) is -0.759. The molecular weight excluding hydrogens is 428 g/mol. The smallest absolute Gasteiger partial charge is 0.270 e. The summed E-state index contributed by atoms with van der Waals surface area (Å²) in [5, 5.41) is 23.5. The molecule has 0 atom stereocenters. The lowest BCUT2D eigenvalue weighted by molar-refractivity contribution is -0.115. The first-order valence-electron chi connectivity index (χ1n) is 10.1. The highest BCUT2D eigenvalue weighted by Crippen LogP contribution is 2.16. The summed E-state index contributed by atoms with van der Waals surface area (Å²) in [7, 11) is 2.10. The van der Waals surface area contributed by atoms with Crippen LogP contribution in [0.4, 0.5) is 11.6 Å². The molecule has 166 valence electrons. The van der Waals surface area contributed by atoms with E-state index in [0.717, 1.165) is 43.3 Å². The summed E-state index contributed by atoms with van der Waals surface area (Å²) in [4.78, 5) is 34.2. The molecule has 0 aliphatic carbocycles. The van der Waals surface area contributed by atoms with E-state index in [1.807, 2.05) is 24.3 Å². The molecule has 0 aromatic carbocycles. The van der Waals surface area contributed by atoms with Gasteiger partial charge in [0.2, 0.25) is 0 Å². The predicted molar refractivity (Wildman–Crippen MR) is 123 cm³/mol. The molecule has 3 heterocycles. The number of carbonyl (C=O) groups is 1. The van der Waals surface area contributed by atoms with Gasteiger partial charge in [-0.3, -0.25) is 14.2 Å². The summed E-state index contributed by atoms with van der Waals surface area (Å²) >= 11 is 1.04. The molecule has 10 nitrogen and oxygen atoms in total. The van der Waals surface area contributed by atoms with Crippen LogP contribution in [0.3, 0.4) is 0 Å². The fourth-order valence-corrected chi connectivity index (χ4v) is 4.34. The highest BCUT2D eigenvalue weighted by atomic mass is 32.1. The molecule has 0 radical (unpaired) electrons. The SMILES string of the molecule is CCn1c(=O)/c(=C\Nc2cccc(N3CCN(C)CC3)n2)s/c1=C(/C#N)C(=O)NCC#N. The van der Waals surface area contributed by atoms with Gasteiger partial charge < -0.3 is 20.4 Å². The van der Waals surface area contributed by atoms with Gasteiger partial charge in [-0.2, -0.15) is 10.5 Å². The number of amides is 1. The van der Waals surface area contributed by atoms with E-state index in [1.54, 1.807) is 19.2 Å². The Hall–Kier alpha value is -3.67. The minimum Gasteiger partial charge on any atom is -0.354 e. The van der Waals surface area contributed by atoms with Crippen molar-refractivity contribution in [1.82, 2.24) is 19.8 Å². The standard InChI is InChI=1S/C21H24N8O2S/c1-3-29-20(31)16(32-21(29)15(13-23)19(30)24-8-7-22)14-25-17-5-4-6-18(26-17)28-11-9-27(2)10-12-28/h4-6,14H,3,8-12H2,1-2H3,(H,24,30)(H,25,26)/b16-14+,21-15-. The Balaban J connectivity index is 1.92. The molecule has 3 rings (SSSR count). The Bertz CT molecular complexity index is 1240. The van der Waals surface area contributed by atoms with Gasteiger partial charge in [-0.15, -0.1) is 11.3 Å². The maximum absolute atomic E-state index is 12.8. The van der Waals surface area contributed by atoms with Gasteiger partial charge >= 0.3 is 0 Å². The van der Waals surface area contributed by atoms with Crippen molar-refractivity contribution >= 4 is 40.7 Å². The first kappa shape index (κ1) is 23.0. The Morgan fingerprint density at radius 2 is 2.03 bits per heavy atom. The number of aromatic nitrogens is 2. The van der Waals surface area contributed by atoms with Crippen molar-refractivity contribution < 1.29 is 4.79 Å². The highest BCUT2D eigenvalue weighted by molar-refractivity contribution is 7.07. The van der Waals surface area contributed by atoms with Gasteiger partial charge in [0.05, 0.1) is 6.07 Å². The summed E-state index contributed by atoms with van der Waals surface area (Å²) in [5.41, 5.74) is -0.505. The molecule has 1 saturated heterocycles. The monoisotopic (exact) mass is 452 g/mol. The fourth-order valence-electron chi connectivity index (χ4n) is 3.25. The molecule has 0 saturated carbocycles. The number of carbonyl (C=O) groups excluding carboxylic acids is 1. The number of anilines is 2. The van der Waals surface area contributed by atoms with Crippen molar-refractivity contribution in [2.75, 3.05) is 50.0 Å². The highest BCUT2D eigenvalue weighted by Gasteiger charge is 2.16. The maximum atomic E-state index is 12.8. The number of thiazole rings is 1. The van der Waals surface area contributed by atoms with Crippen LogP contribution in [0, 0.1) is 22.7 Å². The summed E-state index contributed by atoms with van der Waals surface area (Å²) in [6, 6.07) is 9.32. The Kier molecular flexibility index (Phi) is 7.60. The largest absolute Gasteiger partial charge is 0.354 e. The number of nitrogens with zero attached hydrogens (tertiary/aromatic N) is 6. The average Bonchev–Trinajstić information content (AvgIpc) is 3.12. The number of hydrogen-bond acceptors (Lipinski definition) is 9. The van der Waals surface area contributed by atoms with E-state index in [2.05, 4.69) is 32.5 Å². The van der Waals surface area contributed by atoms with Gasteiger partial charge in [0.25, 0.3) is 11.5 Å². The number of nitriles is 2.